The molecule has 4 nitrogen and oxygen atoms in total. The molecule has 4 heteroatoms. The second-order valence-electron chi connectivity index (χ2n) is 5.72. The van der Waals surface area contributed by atoms with Crippen LogP contribution in [0.3, 0.4) is 0 Å². The summed E-state index contributed by atoms with van der Waals surface area (Å²) >= 11 is 0. The van der Waals surface area contributed by atoms with E-state index in [1.165, 1.54) is 5.56 Å². The topological polar surface area (TPSA) is 45.5 Å². The van der Waals surface area contributed by atoms with Gasteiger partial charge in [0, 0.05) is 25.7 Å². The lowest BCUT2D eigenvalue weighted by Gasteiger charge is -2.29. The van der Waals surface area contributed by atoms with Crippen LogP contribution in [0.4, 0.5) is 5.69 Å². The maximum atomic E-state index is 9.13. The van der Waals surface area contributed by atoms with E-state index in [4.69, 9.17) is 14.7 Å². The van der Waals surface area contributed by atoms with Crippen LogP contribution < -0.4 is 9.64 Å². The Morgan fingerprint density at radius 2 is 2.13 bits per heavy atom. The number of hydrogen-bond acceptors (Lipinski definition) is 4. The highest BCUT2D eigenvalue weighted by Crippen LogP contribution is 2.32. The first kappa shape index (κ1) is 15.4. The van der Waals surface area contributed by atoms with Gasteiger partial charge in [-0.1, -0.05) is 18.2 Å². The molecule has 3 rings (SSSR count). The van der Waals surface area contributed by atoms with Crippen molar-refractivity contribution in [3.05, 3.63) is 59.2 Å². The molecular weight excluding hydrogens is 288 g/mol. The van der Waals surface area contributed by atoms with Crippen LogP contribution in [0.2, 0.25) is 0 Å². The van der Waals surface area contributed by atoms with Crippen LogP contribution in [-0.2, 0) is 11.2 Å². The van der Waals surface area contributed by atoms with E-state index in [1.54, 1.807) is 7.11 Å². The summed E-state index contributed by atoms with van der Waals surface area (Å²) in [6.45, 7) is 1.44. The van der Waals surface area contributed by atoms with E-state index in [0.717, 1.165) is 30.0 Å². The monoisotopic (exact) mass is 308 g/mol. The Bertz CT molecular complexity index is 736. The van der Waals surface area contributed by atoms with Gasteiger partial charge >= 0.3 is 0 Å². The van der Waals surface area contributed by atoms with E-state index in [-0.39, 0.29) is 6.10 Å². The van der Waals surface area contributed by atoms with Crippen LogP contribution >= 0.6 is 0 Å². The Morgan fingerprint density at radius 3 is 2.91 bits per heavy atom. The summed E-state index contributed by atoms with van der Waals surface area (Å²) in [5.41, 5.74) is 4.11. The molecule has 1 unspecified atom stereocenters. The molecule has 23 heavy (non-hydrogen) atoms. The maximum absolute atomic E-state index is 9.13. The zero-order chi connectivity index (χ0) is 16.2. The minimum Gasteiger partial charge on any atom is -0.497 e. The highest BCUT2D eigenvalue weighted by Gasteiger charge is 2.20. The van der Waals surface area contributed by atoms with Crippen molar-refractivity contribution in [2.24, 2.45) is 0 Å². The van der Waals surface area contributed by atoms with E-state index in [0.29, 0.717) is 12.2 Å². The fraction of sp³-hybridized carbons (Fsp3) is 0.316. The number of hydrogen-bond donors (Lipinski definition) is 0. The number of methoxy groups -OCH3 is 1. The minimum atomic E-state index is -0.00881. The second-order valence-corrected chi connectivity index (χ2v) is 5.72. The van der Waals surface area contributed by atoms with E-state index in [9.17, 15) is 0 Å². The molecule has 2 aromatic rings. The van der Waals surface area contributed by atoms with Gasteiger partial charge in [0.05, 0.1) is 31.5 Å². The van der Waals surface area contributed by atoms with Gasteiger partial charge in [0.1, 0.15) is 5.75 Å². The van der Waals surface area contributed by atoms with Crippen LogP contribution in [-0.4, -0.2) is 27.3 Å². The molecule has 1 aliphatic rings. The summed E-state index contributed by atoms with van der Waals surface area (Å²) in [7, 11) is 3.71. The number of fused-ring (bicyclic) bond motifs is 1. The van der Waals surface area contributed by atoms with Gasteiger partial charge in [0.2, 0.25) is 0 Å². The molecule has 0 saturated heterocycles. The molecule has 0 aromatic heterocycles. The Kier molecular flexibility index (Phi) is 4.50. The lowest BCUT2D eigenvalue weighted by atomic mass is 9.97. The largest absolute Gasteiger partial charge is 0.497 e. The van der Waals surface area contributed by atoms with Crippen LogP contribution in [0.25, 0.3) is 0 Å². The van der Waals surface area contributed by atoms with E-state index >= 15 is 0 Å². The van der Waals surface area contributed by atoms with Crippen LogP contribution in [0, 0.1) is 11.3 Å². The molecular formula is C19H20N2O2. The SMILES string of the molecule is COc1cccc(C2Cc3ccc(C#N)cc3N(C)CCO2)c1. The first-order chi connectivity index (χ1) is 11.2. The maximum Gasteiger partial charge on any atom is 0.119 e. The van der Waals surface area contributed by atoms with Crippen molar-refractivity contribution in [3.8, 4) is 11.8 Å². The highest BCUT2D eigenvalue weighted by atomic mass is 16.5. The van der Waals surface area contributed by atoms with Crippen LogP contribution in [0.1, 0.15) is 22.8 Å². The third-order valence-corrected chi connectivity index (χ3v) is 4.24. The fourth-order valence-electron chi connectivity index (χ4n) is 2.93. The van der Waals surface area contributed by atoms with Crippen molar-refractivity contribution < 1.29 is 9.47 Å². The molecule has 0 radical (unpaired) electrons. The molecule has 118 valence electrons. The number of likely N-dealkylation sites (N-methyl/N-ethyl adjacent to an activating group) is 1. The van der Waals surface area contributed by atoms with Gasteiger partial charge in [0.15, 0.2) is 0 Å². The molecule has 0 spiro atoms. The quantitative estimate of drug-likeness (QED) is 0.854. The van der Waals surface area contributed by atoms with Gasteiger partial charge < -0.3 is 14.4 Å². The van der Waals surface area contributed by atoms with Gasteiger partial charge in [0.25, 0.3) is 0 Å². The molecule has 0 aliphatic carbocycles. The number of benzene rings is 2. The average molecular weight is 308 g/mol. The van der Waals surface area contributed by atoms with Gasteiger partial charge in [-0.3, -0.25) is 0 Å². The molecule has 0 bridgehead atoms. The standard InChI is InChI=1S/C19H20N2O2/c1-21-8-9-23-19(16-4-3-5-17(11-16)22-2)12-15-7-6-14(13-20)10-18(15)21/h3-7,10-11,19H,8-9,12H2,1-2H3. The number of ether oxygens (including phenoxy) is 2. The minimum absolute atomic E-state index is 0.00881. The first-order valence-electron chi connectivity index (χ1n) is 7.71. The molecule has 1 heterocycles. The van der Waals surface area contributed by atoms with Crippen molar-refractivity contribution >= 4 is 5.69 Å². The summed E-state index contributed by atoms with van der Waals surface area (Å²) in [4.78, 5) is 2.15. The predicted octanol–water partition coefficient (Wildman–Crippen LogP) is 3.32. The van der Waals surface area contributed by atoms with Crippen LogP contribution in [0.5, 0.6) is 5.75 Å². The number of anilines is 1. The van der Waals surface area contributed by atoms with E-state index in [2.05, 4.69) is 17.0 Å². The predicted molar refractivity (Wildman–Crippen MR) is 89.8 cm³/mol. The van der Waals surface area contributed by atoms with Gasteiger partial charge in [-0.25, -0.2) is 0 Å². The number of nitrogens with zero attached hydrogens (tertiary/aromatic N) is 2. The van der Waals surface area contributed by atoms with Crippen molar-refractivity contribution in [2.45, 2.75) is 12.5 Å². The van der Waals surface area contributed by atoms with Crippen molar-refractivity contribution in [3.63, 3.8) is 0 Å². The number of nitriles is 1. The summed E-state index contributed by atoms with van der Waals surface area (Å²) in [5.74, 6) is 0.838. The van der Waals surface area contributed by atoms with E-state index in [1.807, 2.05) is 43.4 Å². The lowest BCUT2D eigenvalue weighted by molar-refractivity contribution is 0.0558. The second kappa shape index (κ2) is 6.72. The summed E-state index contributed by atoms with van der Waals surface area (Å²) in [6, 6.07) is 16.1. The molecule has 0 amide bonds. The van der Waals surface area contributed by atoms with Crippen molar-refractivity contribution in [1.82, 2.24) is 0 Å². The molecule has 1 aliphatic heterocycles. The molecule has 2 aromatic carbocycles. The smallest absolute Gasteiger partial charge is 0.119 e. The van der Waals surface area contributed by atoms with Gasteiger partial charge in [-0.05, 0) is 35.4 Å². The fourth-order valence-corrected chi connectivity index (χ4v) is 2.93. The van der Waals surface area contributed by atoms with Gasteiger partial charge in [-0.2, -0.15) is 5.26 Å². The summed E-state index contributed by atoms with van der Waals surface area (Å²) in [5, 5.41) is 9.13. The molecule has 0 N–H and O–H groups in total. The normalized spacial score (nSPS) is 17.6. The van der Waals surface area contributed by atoms with Gasteiger partial charge in [-0.15, -0.1) is 0 Å². The van der Waals surface area contributed by atoms with E-state index < -0.39 is 0 Å². The Balaban J connectivity index is 1.95. The zero-order valence-electron chi connectivity index (χ0n) is 13.5. The number of rotatable bonds is 2. The lowest BCUT2D eigenvalue weighted by Crippen LogP contribution is -2.28. The third kappa shape index (κ3) is 3.30. The Morgan fingerprint density at radius 1 is 1.26 bits per heavy atom. The Hall–Kier alpha value is -2.51. The van der Waals surface area contributed by atoms with Crippen molar-refractivity contribution in [1.29, 1.82) is 5.26 Å². The summed E-state index contributed by atoms with van der Waals surface area (Å²) in [6.07, 6.45) is 0.768. The Labute approximate surface area is 136 Å². The molecule has 0 fully saturated rings. The summed E-state index contributed by atoms with van der Waals surface area (Å²) < 4.78 is 11.4. The highest BCUT2D eigenvalue weighted by molar-refractivity contribution is 5.58. The third-order valence-electron chi connectivity index (χ3n) is 4.24. The zero-order valence-corrected chi connectivity index (χ0v) is 13.5. The average Bonchev–Trinajstić information content (AvgIpc) is 2.59. The van der Waals surface area contributed by atoms with Crippen molar-refractivity contribution in [2.75, 3.05) is 32.2 Å². The first-order valence-corrected chi connectivity index (χ1v) is 7.71. The molecule has 0 saturated carbocycles. The molecule has 1 atom stereocenters. The van der Waals surface area contributed by atoms with Crippen LogP contribution in [0.15, 0.2) is 42.5 Å².